The summed E-state index contributed by atoms with van der Waals surface area (Å²) in [5.74, 6) is -2.88. The maximum atomic E-state index is 13.4. The maximum Gasteiger partial charge on any atom is 0.330 e. The Balaban J connectivity index is 2.24. The monoisotopic (exact) mass is 469 g/mol. The van der Waals surface area contributed by atoms with E-state index in [0.717, 1.165) is 0 Å². The molecule has 0 aliphatic heterocycles. The Hall–Kier alpha value is -3.58. The van der Waals surface area contributed by atoms with Gasteiger partial charge in [0.2, 0.25) is 0 Å². The smallest absolute Gasteiger partial charge is 0.330 e. The highest BCUT2D eigenvalue weighted by Crippen LogP contribution is 2.37. The highest BCUT2D eigenvalue weighted by molar-refractivity contribution is 6.30. The number of allylic oxidation sites excluding steroid dienone is 1. The van der Waals surface area contributed by atoms with Crippen LogP contribution in [0.15, 0.2) is 54.6 Å². The van der Waals surface area contributed by atoms with Crippen molar-refractivity contribution in [3.63, 3.8) is 0 Å². The third-order valence-electron chi connectivity index (χ3n) is 5.41. The number of ether oxygens (including phenoxy) is 2. The molecule has 3 aromatic rings. The highest BCUT2D eigenvalue weighted by atomic mass is 35.5. The molecule has 1 N–H and O–H groups in total. The van der Waals surface area contributed by atoms with E-state index in [9.17, 15) is 19.5 Å². The number of nitrogens with zero attached hydrogens (tertiary/aromatic N) is 1. The number of benzene rings is 2. The summed E-state index contributed by atoms with van der Waals surface area (Å²) in [5.41, 5.74) is 1.71. The van der Waals surface area contributed by atoms with E-state index in [4.69, 9.17) is 21.1 Å². The fourth-order valence-corrected chi connectivity index (χ4v) is 4.04. The molecule has 8 heteroatoms. The first-order chi connectivity index (χ1) is 15.7. The van der Waals surface area contributed by atoms with E-state index in [1.807, 2.05) is 0 Å². The number of hydrogen-bond acceptors (Lipinski definition) is 5. The molecule has 172 valence electrons. The van der Waals surface area contributed by atoms with E-state index < -0.39 is 24.0 Å². The molecule has 0 saturated carbocycles. The summed E-state index contributed by atoms with van der Waals surface area (Å²) >= 11 is 5.96. The number of halogens is 1. The molecule has 33 heavy (non-hydrogen) atoms. The Kier molecular flexibility index (Phi) is 7.23. The molecule has 1 aromatic heterocycles. The number of carboxylic acids is 1. The largest absolute Gasteiger partial charge is 0.497 e. The average Bonchev–Trinajstić information content (AvgIpc) is 3.05. The van der Waals surface area contributed by atoms with Gasteiger partial charge in [-0.1, -0.05) is 17.7 Å². The van der Waals surface area contributed by atoms with Gasteiger partial charge >= 0.3 is 11.9 Å². The summed E-state index contributed by atoms with van der Waals surface area (Å²) in [6, 6.07) is 11.5. The van der Waals surface area contributed by atoms with E-state index in [1.54, 1.807) is 56.3 Å². The Labute approximate surface area is 196 Å². The van der Waals surface area contributed by atoms with Gasteiger partial charge in [0.15, 0.2) is 0 Å². The van der Waals surface area contributed by atoms with Gasteiger partial charge in [0, 0.05) is 27.7 Å². The summed E-state index contributed by atoms with van der Waals surface area (Å²) in [6.07, 6.45) is 1.73. The van der Waals surface area contributed by atoms with Crippen molar-refractivity contribution < 1.29 is 29.0 Å². The summed E-state index contributed by atoms with van der Waals surface area (Å²) in [7, 11) is 1.50. The highest BCUT2D eigenvalue weighted by Gasteiger charge is 2.35. The van der Waals surface area contributed by atoms with Crippen LogP contribution in [0.1, 0.15) is 41.4 Å². The van der Waals surface area contributed by atoms with Crippen LogP contribution < -0.4 is 4.74 Å². The molecule has 1 heterocycles. The molecule has 0 radical (unpaired) electrons. The second-order valence-corrected chi connectivity index (χ2v) is 7.92. The third kappa shape index (κ3) is 4.78. The lowest BCUT2D eigenvalue weighted by Gasteiger charge is -2.21. The summed E-state index contributed by atoms with van der Waals surface area (Å²) in [6.45, 7) is 4.85. The van der Waals surface area contributed by atoms with E-state index >= 15 is 0 Å². The van der Waals surface area contributed by atoms with Crippen molar-refractivity contribution in [2.24, 2.45) is 0 Å². The first kappa shape index (κ1) is 24.1. The molecule has 0 saturated heterocycles. The average molecular weight is 470 g/mol. The Morgan fingerprint density at radius 3 is 2.36 bits per heavy atom. The van der Waals surface area contributed by atoms with Crippen LogP contribution in [-0.4, -0.2) is 40.7 Å². The minimum atomic E-state index is -1.21. The van der Waals surface area contributed by atoms with Crippen LogP contribution in [0.2, 0.25) is 5.02 Å². The second kappa shape index (κ2) is 9.92. The number of carbonyl (C=O) groups is 3. The number of rotatable bonds is 7. The molecule has 0 fully saturated rings. The quantitative estimate of drug-likeness (QED) is 0.387. The molecule has 2 aromatic carbocycles. The Morgan fingerprint density at radius 1 is 1.12 bits per heavy atom. The molecule has 0 amide bonds. The van der Waals surface area contributed by atoms with Crippen LogP contribution >= 0.6 is 11.6 Å². The van der Waals surface area contributed by atoms with E-state index in [1.165, 1.54) is 30.8 Å². The Bertz CT molecular complexity index is 1240. The van der Waals surface area contributed by atoms with Crippen LogP contribution in [0.25, 0.3) is 10.9 Å². The SMILES string of the molecule is CC=CC(=O)OC(C)C(C(=O)O)c1c(C)n(C(=O)c2ccc(Cl)cc2)c2ccc(OC)cc12. The first-order valence-corrected chi connectivity index (χ1v) is 10.6. The third-order valence-corrected chi connectivity index (χ3v) is 5.66. The van der Waals surface area contributed by atoms with Gasteiger partial charge in [0.05, 0.1) is 12.6 Å². The normalized spacial score (nSPS) is 13.1. The van der Waals surface area contributed by atoms with Gasteiger partial charge in [-0.2, -0.15) is 0 Å². The molecule has 2 atom stereocenters. The van der Waals surface area contributed by atoms with Crippen molar-refractivity contribution >= 4 is 40.3 Å². The lowest BCUT2D eigenvalue weighted by atomic mass is 9.91. The number of methoxy groups -OCH3 is 1. The van der Waals surface area contributed by atoms with Crippen molar-refractivity contribution in [2.45, 2.75) is 32.8 Å². The van der Waals surface area contributed by atoms with Crippen molar-refractivity contribution in [2.75, 3.05) is 7.11 Å². The molecule has 0 spiro atoms. The van der Waals surface area contributed by atoms with Gasteiger partial charge in [-0.15, -0.1) is 0 Å². The van der Waals surface area contributed by atoms with Crippen LogP contribution in [0.3, 0.4) is 0 Å². The summed E-state index contributed by atoms with van der Waals surface area (Å²) in [4.78, 5) is 37.8. The number of aliphatic carboxylic acids is 1. The lowest BCUT2D eigenvalue weighted by Crippen LogP contribution is -2.28. The number of hydrogen-bond donors (Lipinski definition) is 1. The minimum Gasteiger partial charge on any atom is -0.497 e. The zero-order chi connectivity index (χ0) is 24.3. The zero-order valence-electron chi connectivity index (χ0n) is 18.7. The zero-order valence-corrected chi connectivity index (χ0v) is 19.4. The van der Waals surface area contributed by atoms with E-state index in [0.29, 0.717) is 38.5 Å². The molecular formula is C25H24ClNO6. The van der Waals surface area contributed by atoms with Gasteiger partial charge in [-0.3, -0.25) is 14.2 Å². The second-order valence-electron chi connectivity index (χ2n) is 7.49. The fraction of sp³-hybridized carbons (Fsp3) is 0.240. The number of carbonyl (C=O) groups excluding carboxylic acids is 2. The van der Waals surface area contributed by atoms with Crippen molar-refractivity contribution in [1.29, 1.82) is 0 Å². The fourth-order valence-electron chi connectivity index (χ4n) is 3.91. The van der Waals surface area contributed by atoms with Gasteiger partial charge < -0.3 is 14.6 Å². The molecular weight excluding hydrogens is 446 g/mol. The van der Waals surface area contributed by atoms with E-state index in [2.05, 4.69) is 0 Å². The van der Waals surface area contributed by atoms with Gasteiger partial charge in [0.1, 0.15) is 17.8 Å². The molecule has 0 aliphatic rings. The maximum absolute atomic E-state index is 13.4. The number of fused-ring (bicyclic) bond motifs is 1. The van der Waals surface area contributed by atoms with Crippen molar-refractivity contribution in [1.82, 2.24) is 4.57 Å². The number of aromatic nitrogens is 1. The molecule has 0 bridgehead atoms. The molecule has 2 unspecified atom stereocenters. The lowest BCUT2D eigenvalue weighted by molar-refractivity contribution is -0.149. The van der Waals surface area contributed by atoms with Crippen LogP contribution in [0, 0.1) is 6.92 Å². The topological polar surface area (TPSA) is 94.8 Å². The van der Waals surface area contributed by atoms with Gasteiger partial charge in [0.25, 0.3) is 5.91 Å². The van der Waals surface area contributed by atoms with E-state index in [-0.39, 0.29) is 5.91 Å². The van der Waals surface area contributed by atoms with Crippen molar-refractivity contribution in [3.8, 4) is 5.75 Å². The summed E-state index contributed by atoms with van der Waals surface area (Å²) in [5, 5.41) is 11.1. The molecule has 3 rings (SSSR count). The van der Waals surface area contributed by atoms with Crippen LogP contribution in [0.5, 0.6) is 5.75 Å². The minimum absolute atomic E-state index is 0.340. The van der Waals surface area contributed by atoms with Gasteiger partial charge in [-0.25, -0.2) is 4.79 Å². The summed E-state index contributed by atoms with van der Waals surface area (Å²) < 4.78 is 12.1. The van der Waals surface area contributed by atoms with Gasteiger partial charge in [-0.05, 0) is 68.8 Å². The Morgan fingerprint density at radius 2 is 1.79 bits per heavy atom. The van der Waals surface area contributed by atoms with Crippen LogP contribution in [0.4, 0.5) is 0 Å². The number of carboxylic acid groups (broad SMARTS) is 1. The first-order valence-electron chi connectivity index (χ1n) is 10.2. The molecule has 0 aliphatic carbocycles. The number of esters is 1. The van der Waals surface area contributed by atoms with Crippen LogP contribution in [-0.2, 0) is 14.3 Å². The predicted molar refractivity (Wildman–Crippen MR) is 125 cm³/mol. The standard InChI is InChI=1S/C25H24ClNO6/c1-5-6-21(28)33-15(3)23(25(30)31)22-14(2)27(20-12-11-18(32-4)13-19(20)22)24(29)16-7-9-17(26)10-8-16/h5-13,15,23H,1-4H3,(H,30,31). The van der Waals surface area contributed by atoms with Crippen molar-refractivity contribution in [3.05, 3.63) is 76.5 Å². The molecule has 7 nitrogen and oxygen atoms in total. The predicted octanol–water partition coefficient (Wildman–Crippen LogP) is 4.98.